The van der Waals surface area contributed by atoms with E-state index in [4.69, 9.17) is 22.1 Å². The number of hydrogen-bond acceptors (Lipinski definition) is 3. The van der Waals surface area contributed by atoms with E-state index >= 15 is 0 Å². The number of benzene rings is 1. The number of hydrogen-bond donors (Lipinski definition) is 1. The summed E-state index contributed by atoms with van der Waals surface area (Å²) in [6.45, 7) is 0.578. The maximum Gasteiger partial charge on any atom is 0.164 e. The topological polar surface area (TPSA) is 53.1 Å². The first-order valence-corrected chi connectivity index (χ1v) is 6.08. The summed E-state index contributed by atoms with van der Waals surface area (Å²) in [6, 6.07) is 5.76. The van der Waals surface area contributed by atoms with Gasteiger partial charge in [-0.3, -0.25) is 4.68 Å². The van der Waals surface area contributed by atoms with Crippen molar-refractivity contribution in [3.63, 3.8) is 0 Å². The van der Waals surface area contributed by atoms with Crippen LogP contribution in [0.4, 0.5) is 5.82 Å². The van der Waals surface area contributed by atoms with E-state index in [2.05, 4.69) is 21.0 Å². The minimum absolute atomic E-state index is 0.339. The Morgan fingerprint density at radius 3 is 2.88 bits per heavy atom. The second-order valence-corrected chi connectivity index (χ2v) is 4.78. The molecule has 0 saturated carbocycles. The van der Waals surface area contributed by atoms with Crippen molar-refractivity contribution in [3.05, 3.63) is 39.5 Å². The van der Waals surface area contributed by atoms with Gasteiger partial charge < -0.3 is 10.5 Å². The summed E-state index contributed by atoms with van der Waals surface area (Å²) in [5, 5.41) is 4.57. The van der Waals surface area contributed by atoms with Gasteiger partial charge in [0.1, 0.15) is 10.8 Å². The summed E-state index contributed by atoms with van der Waals surface area (Å²) in [5.41, 5.74) is 6.63. The summed E-state index contributed by atoms with van der Waals surface area (Å²) < 4.78 is 7.86. The fourth-order valence-corrected chi connectivity index (χ4v) is 1.99. The van der Waals surface area contributed by atoms with E-state index in [0.29, 0.717) is 17.4 Å². The van der Waals surface area contributed by atoms with Gasteiger partial charge in [0.05, 0.1) is 13.7 Å². The lowest BCUT2D eigenvalue weighted by atomic mass is 10.2. The monoisotopic (exact) mass is 315 g/mol. The SMILES string of the molecule is COc1ccc(Br)c(Cn2cc(Cl)c(N)n2)c1. The molecule has 0 unspecified atom stereocenters. The van der Waals surface area contributed by atoms with Gasteiger partial charge in [0.25, 0.3) is 0 Å². The summed E-state index contributed by atoms with van der Waals surface area (Å²) >= 11 is 9.33. The lowest BCUT2D eigenvalue weighted by Gasteiger charge is -2.07. The van der Waals surface area contributed by atoms with E-state index in [1.54, 1.807) is 18.0 Å². The average molecular weight is 317 g/mol. The molecule has 0 atom stereocenters. The number of rotatable bonds is 3. The molecule has 17 heavy (non-hydrogen) atoms. The van der Waals surface area contributed by atoms with E-state index < -0.39 is 0 Å². The molecule has 6 heteroatoms. The first-order valence-electron chi connectivity index (χ1n) is 4.91. The molecule has 1 heterocycles. The van der Waals surface area contributed by atoms with Crippen molar-refractivity contribution in [1.29, 1.82) is 0 Å². The summed E-state index contributed by atoms with van der Waals surface area (Å²) in [6.07, 6.45) is 1.70. The third-order valence-corrected chi connectivity index (χ3v) is 3.39. The summed E-state index contributed by atoms with van der Waals surface area (Å²) in [4.78, 5) is 0. The third-order valence-electron chi connectivity index (χ3n) is 2.33. The van der Waals surface area contributed by atoms with E-state index in [0.717, 1.165) is 15.8 Å². The standard InChI is InChI=1S/C11H11BrClN3O/c1-17-8-2-3-9(12)7(4-8)5-16-6-10(13)11(14)15-16/h2-4,6H,5H2,1H3,(H2,14,15). The Kier molecular flexibility index (Phi) is 3.59. The predicted octanol–water partition coefficient (Wildman–Crippen LogP) is 2.94. The Balaban J connectivity index is 2.28. The van der Waals surface area contributed by atoms with Crippen LogP contribution in [0.2, 0.25) is 5.02 Å². The van der Waals surface area contributed by atoms with Gasteiger partial charge in [-0.15, -0.1) is 0 Å². The van der Waals surface area contributed by atoms with E-state index in [-0.39, 0.29) is 0 Å². The normalized spacial score (nSPS) is 10.5. The van der Waals surface area contributed by atoms with Crippen LogP contribution in [0.1, 0.15) is 5.56 Å². The molecule has 0 fully saturated rings. The fraction of sp³-hybridized carbons (Fsp3) is 0.182. The highest BCUT2D eigenvalue weighted by atomic mass is 79.9. The van der Waals surface area contributed by atoms with Crippen LogP contribution in [0.25, 0.3) is 0 Å². The number of ether oxygens (including phenoxy) is 1. The third kappa shape index (κ3) is 2.73. The Hall–Kier alpha value is -1.20. The zero-order chi connectivity index (χ0) is 12.4. The number of anilines is 1. The highest BCUT2D eigenvalue weighted by Crippen LogP contribution is 2.24. The maximum absolute atomic E-state index is 5.85. The first-order chi connectivity index (χ1) is 8.10. The van der Waals surface area contributed by atoms with Crippen molar-refractivity contribution in [2.75, 3.05) is 12.8 Å². The van der Waals surface area contributed by atoms with Gasteiger partial charge in [-0.1, -0.05) is 27.5 Å². The molecule has 2 rings (SSSR count). The van der Waals surface area contributed by atoms with Crippen molar-refractivity contribution in [2.45, 2.75) is 6.54 Å². The molecule has 0 radical (unpaired) electrons. The zero-order valence-electron chi connectivity index (χ0n) is 9.15. The van der Waals surface area contributed by atoms with Gasteiger partial charge in [0, 0.05) is 10.7 Å². The van der Waals surface area contributed by atoms with E-state index in [1.807, 2.05) is 18.2 Å². The number of aromatic nitrogens is 2. The number of methoxy groups -OCH3 is 1. The Labute approximate surface area is 112 Å². The van der Waals surface area contributed by atoms with Crippen LogP contribution < -0.4 is 10.5 Å². The molecule has 2 N–H and O–H groups in total. The molecule has 2 aromatic rings. The Morgan fingerprint density at radius 2 is 2.29 bits per heavy atom. The molecule has 1 aromatic heterocycles. The smallest absolute Gasteiger partial charge is 0.164 e. The van der Waals surface area contributed by atoms with Crippen LogP contribution in [0.5, 0.6) is 5.75 Å². The second-order valence-electron chi connectivity index (χ2n) is 3.52. The van der Waals surface area contributed by atoms with E-state index in [9.17, 15) is 0 Å². The Bertz CT molecular complexity index is 522. The second kappa shape index (κ2) is 4.98. The van der Waals surface area contributed by atoms with Gasteiger partial charge in [0.2, 0.25) is 0 Å². The number of nitrogens with zero attached hydrogens (tertiary/aromatic N) is 2. The molecule has 90 valence electrons. The molecular weight excluding hydrogens is 305 g/mol. The number of halogens is 2. The molecule has 0 saturated heterocycles. The van der Waals surface area contributed by atoms with Crippen LogP contribution in [0.15, 0.2) is 28.9 Å². The largest absolute Gasteiger partial charge is 0.497 e. The molecule has 0 aliphatic heterocycles. The van der Waals surface area contributed by atoms with Crippen LogP contribution in [-0.2, 0) is 6.54 Å². The molecule has 0 spiro atoms. The van der Waals surface area contributed by atoms with Crippen molar-refractivity contribution in [2.24, 2.45) is 0 Å². The maximum atomic E-state index is 5.85. The lowest BCUT2D eigenvalue weighted by molar-refractivity contribution is 0.414. The predicted molar refractivity (Wildman–Crippen MR) is 71.4 cm³/mol. The number of nitrogens with two attached hydrogens (primary N) is 1. The first kappa shape index (κ1) is 12.3. The molecule has 0 amide bonds. The van der Waals surface area contributed by atoms with Crippen LogP contribution in [0.3, 0.4) is 0 Å². The van der Waals surface area contributed by atoms with Gasteiger partial charge in [-0.05, 0) is 23.8 Å². The van der Waals surface area contributed by atoms with Crippen LogP contribution >= 0.6 is 27.5 Å². The highest BCUT2D eigenvalue weighted by Gasteiger charge is 2.06. The van der Waals surface area contributed by atoms with Crippen molar-refractivity contribution < 1.29 is 4.74 Å². The lowest BCUT2D eigenvalue weighted by Crippen LogP contribution is -2.02. The molecule has 4 nitrogen and oxygen atoms in total. The summed E-state index contributed by atoms with van der Waals surface area (Å²) in [5.74, 6) is 1.14. The van der Waals surface area contributed by atoms with Crippen LogP contribution in [-0.4, -0.2) is 16.9 Å². The van der Waals surface area contributed by atoms with Crippen molar-refractivity contribution >= 4 is 33.3 Å². The molecule has 0 aliphatic carbocycles. The van der Waals surface area contributed by atoms with Gasteiger partial charge in [-0.2, -0.15) is 5.10 Å². The highest BCUT2D eigenvalue weighted by molar-refractivity contribution is 9.10. The minimum atomic E-state index is 0.339. The van der Waals surface area contributed by atoms with Crippen molar-refractivity contribution in [3.8, 4) is 5.75 Å². The molecule has 1 aromatic carbocycles. The molecule has 0 bridgehead atoms. The zero-order valence-corrected chi connectivity index (χ0v) is 11.5. The minimum Gasteiger partial charge on any atom is -0.497 e. The summed E-state index contributed by atoms with van der Waals surface area (Å²) in [7, 11) is 1.63. The fourth-order valence-electron chi connectivity index (χ4n) is 1.47. The molecular formula is C11H11BrClN3O. The average Bonchev–Trinajstić information content (AvgIpc) is 2.61. The van der Waals surface area contributed by atoms with Gasteiger partial charge >= 0.3 is 0 Å². The van der Waals surface area contributed by atoms with Crippen LogP contribution in [0, 0.1) is 0 Å². The van der Waals surface area contributed by atoms with Gasteiger partial charge in [0.15, 0.2) is 5.82 Å². The molecule has 0 aliphatic rings. The number of nitrogen functional groups attached to an aromatic ring is 1. The Morgan fingerprint density at radius 1 is 1.53 bits per heavy atom. The quantitative estimate of drug-likeness (QED) is 0.947. The van der Waals surface area contributed by atoms with Crippen molar-refractivity contribution in [1.82, 2.24) is 9.78 Å². The van der Waals surface area contributed by atoms with E-state index in [1.165, 1.54) is 0 Å². The van der Waals surface area contributed by atoms with Gasteiger partial charge in [-0.25, -0.2) is 0 Å².